The van der Waals surface area contributed by atoms with Crippen molar-refractivity contribution in [3.63, 3.8) is 0 Å². The molecule has 1 aromatic rings. The molecule has 1 rings (SSSR count). The van der Waals surface area contributed by atoms with Crippen molar-refractivity contribution in [2.45, 2.75) is 31.2 Å². The smallest absolute Gasteiger partial charge is 0.241 e. The first-order chi connectivity index (χ1) is 8.40. The van der Waals surface area contributed by atoms with E-state index in [0.29, 0.717) is 23.6 Å². The molecule has 0 heterocycles. The standard InChI is InChI=1S/C12H18ClNO3S/c1-9(2)14-18(15,16)12-5-4-11(17-3)8-10(12)6-7-13/h4-5,8-9,14H,6-7H2,1-3H3. The second-order valence-corrected chi connectivity index (χ2v) is 6.25. The zero-order valence-corrected chi connectivity index (χ0v) is 12.3. The number of sulfonamides is 1. The van der Waals surface area contributed by atoms with Gasteiger partial charge in [-0.3, -0.25) is 0 Å². The largest absolute Gasteiger partial charge is 0.497 e. The Balaban J connectivity index is 3.22. The summed E-state index contributed by atoms with van der Waals surface area (Å²) in [4.78, 5) is 0.262. The summed E-state index contributed by atoms with van der Waals surface area (Å²) in [5.74, 6) is 0.982. The molecule has 0 saturated heterocycles. The molecular weight excluding hydrogens is 274 g/mol. The van der Waals surface area contributed by atoms with Crippen molar-refractivity contribution in [3.05, 3.63) is 23.8 Å². The minimum absolute atomic E-state index is 0.152. The number of rotatable bonds is 6. The van der Waals surface area contributed by atoms with E-state index in [1.54, 1.807) is 39.2 Å². The summed E-state index contributed by atoms with van der Waals surface area (Å²) >= 11 is 5.70. The SMILES string of the molecule is COc1ccc(S(=O)(=O)NC(C)C)c(CCCl)c1. The number of methoxy groups -OCH3 is 1. The van der Waals surface area contributed by atoms with Crippen LogP contribution in [-0.2, 0) is 16.4 Å². The Morgan fingerprint density at radius 2 is 2.06 bits per heavy atom. The quantitative estimate of drug-likeness (QED) is 0.817. The van der Waals surface area contributed by atoms with Crippen LogP contribution in [0.5, 0.6) is 5.75 Å². The Morgan fingerprint density at radius 3 is 2.56 bits per heavy atom. The maximum atomic E-state index is 12.1. The zero-order valence-electron chi connectivity index (χ0n) is 10.7. The van der Waals surface area contributed by atoms with Gasteiger partial charge < -0.3 is 4.74 Å². The number of nitrogens with one attached hydrogen (secondary N) is 1. The average molecular weight is 292 g/mol. The molecule has 0 spiro atoms. The number of halogens is 1. The van der Waals surface area contributed by atoms with Crippen LogP contribution in [0.25, 0.3) is 0 Å². The van der Waals surface area contributed by atoms with Crippen molar-refractivity contribution in [1.29, 1.82) is 0 Å². The highest BCUT2D eigenvalue weighted by Crippen LogP contribution is 2.22. The van der Waals surface area contributed by atoms with Gasteiger partial charge in [-0.25, -0.2) is 13.1 Å². The predicted molar refractivity (Wildman–Crippen MR) is 72.9 cm³/mol. The molecule has 0 aliphatic carbocycles. The number of hydrogen-bond acceptors (Lipinski definition) is 3. The lowest BCUT2D eigenvalue weighted by atomic mass is 10.1. The van der Waals surface area contributed by atoms with Crippen LogP contribution in [0.4, 0.5) is 0 Å². The first-order valence-corrected chi connectivity index (χ1v) is 7.67. The second kappa shape index (κ2) is 6.41. The summed E-state index contributed by atoms with van der Waals surface area (Å²) in [6.07, 6.45) is 0.479. The van der Waals surface area contributed by atoms with Crippen LogP contribution >= 0.6 is 11.6 Å². The summed E-state index contributed by atoms with van der Waals surface area (Å²) in [5, 5.41) is 0. The predicted octanol–water partition coefficient (Wildman–Crippen LogP) is 2.16. The van der Waals surface area contributed by atoms with Gasteiger partial charge in [0.05, 0.1) is 12.0 Å². The van der Waals surface area contributed by atoms with Gasteiger partial charge in [0.15, 0.2) is 0 Å². The highest BCUT2D eigenvalue weighted by molar-refractivity contribution is 7.89. The number of aryl methyl sites for hydroxylation is 1. The van der Waals surface area contributed by atoms with Gasteiger partial charge >= 0.3 is 0 Å². The van der Waals surface area contributed by atoms with E-state index in [2.05, 4.69) is 4.72 Å². The van der Waals surface area contributed by atoms with Gasteiger partial charge in [-0.05, 0) is 44.0 Å². The zero-order chi connectivity index (χ0) is 13.8. The molecule has 4 nitrogen and oxygen atoms in total. The third-order valence-corrected chi connectivity index (χ3v) is 4.26. The normalized spacial score (nSPS) is 11.8. The van der Waals surface area contributed by atoms with Crippen LogP contribution in [-0.4, -0.2) is 27.4 Å². The van der Waals surface area contributed by atoms with E-state index in [1.807, 2.05) is 0 Å². The number of ether oxygens (including phenoxy) is 1. The lowest BCUT2D eigenvalue weighted by Crippen LogP contribution is -2.31. The lowest BCUT2D eigenvalue weighted by Gasteiger charge is -2.14. The highest BCUT2D eigenvalue weighted by atomic mass is 35.5. The van der Waals surface area contributed by atoms with E-state index < -0.39 is 10.0 Å². The molecular formula is C12H18ClNO3S. The molecule has 0 unspecified atom stereocenters. The van der Waals surface area contributed by atoms with Gasteiger partial charge in [-0.2, -0.15) is 0 Å². The lowest BCUT2D eigenvalue weighted by molar-refractivity contribution is 0.414. The monoisotopic (exact) mass is 291 g/mol. The van der Waals surface area contributed by atoms with Crippen molar-refractivity contribution in [2.24, 2.45) is 0 Å². The van der Waals surface area contributed by atoms with Gasteiger partial charge in [0.25, 0.3) is 0 Å². The Labute approximate surface area is 113 Å². The van der Waals surface area contributed by atoms with Crippen LogP contribution in [0.1, 0.15) is 19.4 Å². The molecule has 0 atom stereocenters. The number of hydrogen-bond donors (Lipinski definition) is 1. The van der Waals surface area contributed by atoms with E-state index in [-0.39, 0.29) is 10.9 Å². The maximum absolute atomic E-state index is 12.1. The molecule has 0 aliphatic rings. The fourth-order valence-electron chi connectivity index (χ4n) is 1.62. The molecule has 6 heteroatoms. The van der Waals surface area contributed by atoms with Crippen LogP contribution in [0.2, 0.25) is 0 Å². The second-order valence-electron chi connectivity index (χ2n) is 4.19. The fraction of sp³-hybridized carbons (Fsp3) is 0.500. The van der Waals surface area contributed by atoms with E-state index in [9.17, 15) is 8.42 Å². The fourth-order valence-corrected chi connectivity index (χ4v) is 3.32. The summed E-state index contributed by atoms with van der Waals surface area (Å²) < 4.78 is 31.9. The molecule has 0 aromatic heterocycles. The molecule has 0 aliphatic heterocycles. The van der Waals surface area contributed by atoms with Gasteiger partial charge in [0.1, 0.15) is 5.75 Å². The molecule has 0 amide bonds. The van der Waals surface area contributed by atoms with E-state index >= 15 is 0 Å². The van der Waals surface area contributed by atoms with Crippen molar-refractivity contribution < 1.29 is 13.2 Å². The highest BCUT2D eigenvalue weighted by Gasteiger charge is 2.19. The van der Waals surface area contributed by atoms with E-state index in [1.165, 1.54) is 0 Å². The molecule has 1 aromatic carbocycles. The molecule has 1 N–H and O–H groups in total. The van der Waals surface area contributed by atoms with Crippen LogP contribution in [0, 0.1) is 0 Å². The summed E-state index contributed by atoms with van der Waals surface area (Å²) in [6, 6.07) is 4.73. The van der Waals surface area contributed by atoms with Crippen molar-refractivity contribution >= 4 is 21.6 Å². The topological polar surface area (TPSA) is 55.4 Å². The van der Waals surface area contributed by atoms with Crippen LogP contribution < -0.4 is 9.46 Å². The molecule has 0 radical (unpaired) electrons. The van der Waals surface area contributed by atoms with E-state index in [0.717, 1.165) is 0 Å². The van der Waals surface area contributed by atoms with Gasteiger partial charge in [0, 0.05) is 11.9 Å². The van der Waals surface area contributed by atoms with Crippen molar-refractivity contribution in [3.8, 4) is 5.75 Å². The number of benzene rings is 1. The molecule has 102 valence electrons. The Kier molecular flexibility index (Phi) is 5.44. The third-order valence-electron chi connectivity index (χ3n) is 2.31. The first-order valence-electron chi connectivity index (χ1n) is 5.66. The Morgan fingerprint density at radius 1 is 1.39 bits per heavy atom. The Bertz CT molecular complexity index is 500. The third kappa shape index (κ3) is 3.86. The van der Waals surface area contributed by atoms with Crippen LogP contribution in [0.3, 0.4) is 0 Å². The van der Waals surface area contributed by atoms with Gasteiger partial charge in [-0.15, -0.1) is 11.6 Å². The minimum Gasteiger partial charge on any atom is -0.497 e. The molecule has 18 heavy (non-hydrogen) atoms. The maximum Gasteiger partial charge on any atom is 0.241 e. The Hall–Kier alpha value is -0.780. The number of alkyl halides is 1. The summed E-state index contributed by atoms with van der Waals surface area (Å²) in [6.45, 7) is 3.56. The van der Waals surface area contributed by atoms with Crippen molar-refractivity contribution in [1.82, 2.24) is 4.72 Å². The summed E-state index contributed by atoms with van der Waals surface area (Å²) in [7, 11) is -1.96. The van der Waals surface area contributed by atoms with Crippen LogP contribution in [0.15, 0.2) is 23.1 Å². The molecule has 0 saturated carbocycles. The van der Waals surface area contributed by atoms with E-state index in [4.69, 9.17) is 16.3 Å². The first kappa shape index (κ1) is 15.3. The van der Waals surface area contributed by atoms with Gasteiger partial charge in [-0.1, -0.05) is 0 Å². The van der Waals surface area contributed by atoms with Gasteiger partial charge in [0.2, 0.25) is 10.0 Å². The average Bonchev–Trinajstić information content (AvgIpc) is 2.27. The minimum atomic E-state index is -3.50. The van der Waals surface area contributed by atoms with Crippen molar-refractivity contribution in [2.75, 3.05) is 13.0 Å². The summed E-state index contributed by atoms with van der Waals surface area (Å²) in [5.41, 5.74) is 0.664. The molecule has 0 fully saturated rings. The molecule has 0 bridgehead atoms.